The minimum Gasteiger partial charge on any atom is -0.374 e. The molecule has 0 amide bonds. The van der Waals surface area contributed by atoms with Crippen LogP contribution < -0.4 is 11.1 Å². The summed E-state index contributed by atoms with van der Waals surface area (Å²) >= 11 is 5.51. The van der Waals surface area contributed by atoms with Gasteiger partial charge in [0.25, 0.3) is 0 Å². The van der Waals surface area contributed by atoms with E-state index in [1.165, 1.54) is 87.0 Å². The van der Waals surface area contributed by atoms with Gasteiger partial charge in [-0.3, -0.25) is 0 Å². The van der Waals surface area contributed by atoms with Crippen molar-refractivity contribution in [1.82, 2.24) is 14.7 Å². The highest BCUT2D eigenvalue weighted by Crippen LogP contribution is 2.23. The van der Waals surface area contributed by atoms with E-state index in [1.807, 2.05) is 0 Å². The van der Waals surface area contributed by atoms with Gasteiger partial charge in [0.15, 0.2) is 5.13 Å². The number of aryl methyl sites for hydroxylation is 2. The van der Waals surface area contributed by atoms with Gasteiger partial charge in [-0.2, -0.15) is 4.37 Å². The number of fused-ring (bicyclic) bond motifs is 1. The predicted octanol–water partition coefficient (Wildman–Crippen LogP) is 3.73. The Morgan fingerprint density at radius 1 is 1.00 bits per heavy atom. The molecule has 4 rings (SSSR count). The number of piperidine rings is 1. The van der Waals surface area contributed by atoms with Crippen LogP contribution >= 0.6 is 24.2 Å². The minimum absolute atomic E-state index is 0.523. The van der Waals surface area contributed by atoms with E-state index in [0.29, 0.717) is 5.13 Å². The summed E-state index contributed by atoms with van der Waals surface area (Å²) in [4.78, 5) is 4.70. The summed E-state index contributed by atoms with van der Waals surface area (Å²) in [5, 5.41) is 3.81. The maximum absolute atomic E-state index is 5.12. The molecular weight excluding hydrogens is 324 g/mol. The monoisotopic (exact) mass is 350 g/mol. The lowest BCUT2D eigenvalue weighted by Crippen LogP contribution is -2.21. The van der Waals surface area contributed by atoms with E-state index in [-0.39, 0.29) is 0 Å². The summed E-state index contributed by atoms with van der Waals surface area (Å²) in [5.74, 6) is 0. The molecule has 1 aromatic carbocycles. The Balaban J connectivity index is 0.000000136. The number of nitrogens with one attached hydrogen (secondary N) is 1. The number of thiol groups is 1. The van der Waals surface area contributed by atoms with Gasteiger partial charge in [0.2, 0.25) is 0 Å². The van der Waals surface area contributed by atoms with Gasteiger partial charge in [-0.05, 0) is 74.9 Å². The maximum atomic E-state index is 5.12. The Kier molecular flexibility index (Phi) is 8.42. The molecule has 0 bridgehead atoms. The van der Waals surface area contributed by atoms with Crippen LogP contribution in [0.5, 0.6) is 0 Å². The minimum atomic E-state index is 0.523. The third kappa shape index (κ3) is 7.33. The van der Waals surface area contributed by atoms with Crippen LogP contribution in [-0.2, 0) is 12.8 Å². The highest BCUT2D eigenvalue weighted by Gasteiger charge is 2.07. The molecule has 1 aromatic heterocycles. The normalized spacial score (nSPS) is 16.2. The number of nitrogens with two attached hydrogens (primary N) is 1. The van der Waals surface area contributed by atoms with E-state index < -0.39 is 0 Å². The van der Waals surface area contributed by atoms with Gasteiger partial charge in [0.05, 0.1) is 0 Å². The summed E-state index contributed by atoms with van der Waals surface area (Å²) in [5.41, 5.74) is 8.18. The number of aromatic nitrogens is 2. The quantitative estimate of drug-likeness (QED) is 0.634. The molecule has 126 valence electrons. The van der Waals surface area contributed by atoms with Crippen molar-refractivity contribution >= 4 is 29.3 Å². The highest BCUT2D eigenvalue weighted by molar-refractivity contribution is 7.80. The zero-order valence-corrected chi connectivity index (χ0v) is 15.2. The number of nitrogens with zero attached hydrogens (tertiary/aromatic N) is 2. The summed E-state index contributed by atoms with van der Waals surface area (Å²) in [6.45, 7) is 2.50. The second-order valence-electron chi connectivity index (χ2n) is 5.75. The fourth-order valence-corrected chi connectivity index (χ4v) is 3.23. The van der Waals surface area contributed by atoms with Crippen molar-refractivity contribution in [3.63, 3.8) is 0 Å². The number of anilines is 1. The van der Waals surface area contributed by atoms with Crippen LogP contribution in [0.1, 0.15) is 43.2 Å². The molecule has 0 unspecified atom stereocenters. The van der Waals surface area contributed by atoms with Gasteiger partial charge >= 0.3 is 0 Å². The van der Waals surface area contributed by atoms with E-state index in [2.05, 4.69) is 45.5 Å². The van der Waals surface area contributed by atoms with Crippen LogP contribution in [0, 0.1) is 0 Å². The summed E-state index contributed by atoms with van der Waals surface area (Å²) in [6.07, 6.45) is 10.9. The molecule has 23 heavy (non-hydrogen) atoms. The Morgan fingerprint density at radius 3 is 2.22 bits per heavy atom. The second kappa shape index (κ2) is 10.6. The van der Waals surface area contributed by atoms with Crippen LogP contribution in [0.2, 0.25) is 0 Å². The van der Waals surface area contributed by atoms with Crippen LogP contribution in [0.15, 0.2) is 29.4 Å². The number of hydrogen-bond acceptors (Lipinski definition) is 6. The largest absolute Gasteiger partial charge is 0.374 e. The van der Waals surface area contributed by atoms with Crippen LogP contribution in [0.4, 0.5) is 5.13 Å². The van der Waals surface area contributed by atoms with Crippen LogP contribution in [0.25, 0.3) is 0 Å². The number of nitrogen functional groups attached to an aromatic ring is 1. The number of benzene rings is 1. The molecule has 4 nitrogen and oxygen atoms in total. The highest BCUT2D eigenvalue weighted by atomic mass is 32.1. The molecule has 1 aliphatic heterocycles. The standard InChI is InChI=1S/C10H12S.C5H11N.C2H3N3S/c11-10-6-5-8-3-1-2-4-9(8)7-10;1-2-4-6-5-3-1;3-2-4-1-5-6-2/h5-7,11H,1-4H2;6H,1-5H2;1H,(H2,3,4,5). The lowest BCUT2D eigenvalue weighted by atomic mass is 9.92. The van der Waals surface area contributed by atoms with Crippen molar-refractivity contribution in [3.8, 4) is 0 Å². The van der Waals surface area contributed by atoms with Crippen LogP contribution in [-0.4, -0.2) is 22.4 Å². The Labute approximate surface area is 148 Å². The molecule has 0 atom stereocenters. The molecule has 3 N–H and O–H groups in total. The van der Waals surface area contributed by atoms with Crippen LogP contribution in [0.3, 0.4) is 0 Å². The Morgan fingerprint density at radius 2 is 1.74 bits per heavy atom. The van der Waals surface area contributed by atoms with E-state index in [9.17, 15) is 0 Å². The van der Waals surface area contributed by atoms with Crippen molar-refractivity contribution < 1.29 is 0 Å². The Hall–Kier alpha value is -1.11. The second-order valence-corrected chi connectivity index (χ2v) is 7.08. The van der Waals surface area contributed by atoms with Gasteiger partial charge in [-0.1, -0.05) is 12.5 Å². The molecular formula is C17H26N4S2. The van der Waals surface area contributed by atoms with E-state index >= 15 is 0 Å². The van der Waals surface area contributed by atoms with Gasteiger partial charge in [-0.15, -0.1) is 12.6 Å². The van der Waals surface area contributed by atoms with Crippen molar-refractivity contribution in [2.75, 3.05) is 18.8 Å². The maximum Gasteiger partial charge on any atom is 0.199 e. The average molecular weight is 351 g/mol. The van der Waals surface area contributed by atoms with Crippen molar-refractivity contribution in [3.05, 3.63) is 35.7 Å². The third-order valence-electron chi connectivity index (χ3n) is 3.92. The number of rotatable bonds is 0. The first-order valence-corrected chi connectivity index (χ1v) is 9.51. The van der Waals surface area contributed by atoms with Crippen molar-refractivity contribution in [1.29, 1.82) is 0 Å². The molecule has 0 saturated carbocycles. The molecule has 6 heteroatoms. The number of hydrogen-bond donors (Lipinski definition) is 3. The predicted molar refractivity (Wildman–Crippen MR) is 101 cm³/mol. The molecule has 2 aromatic rings. The smallest absolute Gasteiger partial charge is 0.199 e. The first-order valence-electron chi connectivity index (χ1n) is 8.29. The first kappa shape index (κ1) is 18.2. The molecule has 0 radical (unpaired) electrons. The van der Waals surface area contributed by atoms with E-state index in [1.54, 1.807) is 0 Å². The molecule has 2 heterocycles. The molecule has 2 aliphatic rings. The van der Waals surface area contributed by atoms with E-state index in [0.717, 1.165) is 4.90 Å². The van der Waals surface area contributed by atoms with Crippen molar-refractivity contribution in [2.45, 2.75) is 49.8 Å². The summed E-state index contributed by atoms with van der Waals surface area (Å²) in [7, 11) is 0. The van der Waals surface area contributed by atoms with Gasteiger partial charge in [0.1, 0.15) is 6.33 Å². The van der Waals surface area contributed by atoms with Gasteiger partial charge in [0, 0.05) is 16.4 Å². The zero-order chi connectivity index (χ0) is 16.3. The zero-order valence-electron chi connectivity index (χ0n) is 13.5. The lowest BCUT2D eigenvalue weighted by Gasteiger charge is -2.15. The molecule has 1 aliphatic carbocycles. The topological polar surface area (TPSA) is 63.8 Å². The Bertz CT molecular complexity index is 542. The third-order valence-corrected chi connectivity index (χ3v) is 4.69. The van der Waals surface area contributed by atoms with E-state index in [4.69, 9.17) is 5.73 Å². The SMILES string of the molecule is C1CCNCC1.Nc1ncns1.Sc1ccc2c(c1)CCCC2. The van der Waals surface area contributed by atoms with Gasteiger partial charge in [-0.25, -0.2) is 4.98 Å². The summed E-state index contributed by atoms with van der Waals surface area (Å²) < 4.78 is 3.63. The molecule has 1 saturated heterocycles. The molecule has 1 fully saturated rings. The molecule has 0 spiro atoms. The van der Waals surface area contributed by atoms with Gasteiger partial charge < -0.3 is 11.1 Å². The fourth-order valence-electron chi connectivity index (χ4n) is 2.70. The lowest BCUT2D eigenvalue weighted by molar-refractivity contribution is 0.520. The first-order chi connectivity index (χ1) is 11.3. The fraction of sp³-hybridized carbons (Fsp3) is 0.529. The summed E-state index contributed by atoms with van der Waals surface area (Å²) in [6, 6.07) is 6.52. The average Bonchev–Trinajstić information content (AvgIpc) is 3.08. The van der Waals surface area contributed by atoms with Crippen molar-refractivity contribution in [2.24, 2.45) is 0 Å².